The summed E-state index contributed by atoms with van der Waals surface area (Å²) in [5.74, 6) is -1.17. The van der Waals surface area contributed by atoms with Crippen LogP contribution in [0.1, 0.15) is 43.4 Å². The monoisotopic (exact) mass is 501 g/mol. The van der Waals surface area contributed by atoms with Crippen LogP contribution < -0.4 is 24.8 Å². The third kappa shape index (κ3) is 3.90. The molecule has 2 unspecified atom stereocenters. The van der Waals surface area contributed by atoms with E-state index in [-0.39, 0.29) is 24.8 Å². The smallest absolute Gasteiger partial charge is 1.00 e. The van der Waals surface area contributed by atoms with Gasteiger partial charge in [-0.05, 0) is 0 Å². The minimum atomic E-state index is -2.03. The predicted octanol–water partition coefficient (Wildman–Crippen LogP) is 0.103. The van der Waals surface area contributed by atoms with Crippen molar-refractivity contribution in [2.75, 3.05) is 0 Å². The van der Waals surface area contributed by atoms with Crippen LogP contribution in [-0.4, -0.2) is 5.92 Å². The molecule has 0 nitrogen and oxygen atoms in total. The molecule has 143 valence electrons. The van der Waals surface area contributed by atoms with Gasteiger partial charge in [0.1, 0.15) is 0 Å². The summed E-state index contributed by atoms with van der Waals surface area (Å²) < 4.78 is 1.31. The van der Waals surface area contributed by atoms with Crippen molar-refractivity contribution in [3.8, 4) is 0 Å². The summed E-state index contributed by atoms with van der Waals surface area (Å²) in [7, 11) is 0. The van der Waals surface area contributed by atoms with E-state index in [2.05, 4.69) is 99.1 Å². The molecular formula is C24H25Cl2SiZr. The van der Waals surface area contributed by atoms with E-state index in [0.717, 1.165) is 0 Å². The molecule has 4 rings (SSSR count). The van der Waals surface area contributed by atoms with Crippen LogP contribution in [-0.2, 0) is 20.9 Å². The maximum Gasteiger partial charge on any atom is -1.00 e. The van der Waals surface area contributed by atoms with Crippen LogP contribution in [0, 0.1) is 0 Å². The van der Waals surface area contributed by atoms with Gasteiger partial charge in [0.25, 0.3) is 0 Å². The molecule has 4 heteroatoms. The zero-order valence-corrected chi connectivity index (χ0v) is 21.5. The first-order chi connectivity index (χ1) is 12.7. The minimum absolute atomic E-state index is 0. The first-order valence-electron chi connectivity index (χ1n) is 9.31. The molecule has 0 aliphatic heterocycles. The fourth-order valence-electron chi connectivity index (χ4n) is 4.76. The maximum absolute atomic E-state index is 4.26. The molecule has 0 bridgehead atoms. The topological polar surface area (TPSA) is 0 Å². The van der Waals surface area contributed by atoms with E-state index in [9.17, 15) is 0 Å². The predicted molar refractivity (Wildman–Crippen MR) is 113 cm³/mol. The van der Waals surface area contributed by atoms with Crippen molar-refractivity contribution >= 4 is 18.1 Å². The van der Waals surface area contributed by atoms with Gasteiger partial charge in [0.05, 0.1) is 0 Å². The molecule has 0 saturated heterocycles. The third-order valence-corrected chi connectivity index (χ3v) is 27.8. The first kappa shape index (κ1) is 23.4. The number of benzene rings is 2. The summed E-state index contributed by atoms with van der Waals surface area (Å²) in [4.78, 5) is 0. The molecule has 28 heavy (non-hydrogen) atoms. The van der Waals surface area contributed by atoms with E-state index in [1.54, 1.807) is 22.3 Å². The zero-order valence-electron chi connectivity index (χ0n) is 16.3. The molecule has 0 N–H and O–H groups in total. The molecule has 0 spiro atoms. The van der Waals surface area contributed by atoms with Crippen LogP contribution in [0.25, 0.3) is 12.2 Å². The van der Waals surface area contributed by atoms with Gasteiger partial charge in [0.15, 0.2) is 0 Å². The molecule has 2 aliphatic carbocycles. The minimum Gasteiger partial charge on any atom is -1.00 e. The average molecular weight is 504 g/mol. The maximum atomic E-state index is 4.26. The number of rotatable bonds is 5. The number of allylic oxidation sites excluding steroid dienone is 2. The normalized spacial score (nSPS) is 18.8. The summed E-state index contributed by atoms with van der Waals surface area (Å²) >= 11 is -2.03. The Morgan fingerprint density at radius 3 is 1.54 bits per heavy atom. The third-order valence-electron chi connectivity index (χ3n) is 5.85. The van der Waals surface area contributed by atoms with Crippen molar-refractivity contribution in [2.45, 2.75) is 21.1 Å². The Balaban J connectivity index is 0.00000140. The molecule has 2 aromatic carbocycles. The van der Waals surface area contributed by atoms with Crippen LogP contribution in [0.3, 0.4) is 0 Å². The van der Waals surface area contributed by atoms with Crippen LogP contribution >= 0.6 is 0 Å². The van der Waals surface area contributed by atoms with Gasteiger partial charge < -0.3 is 24.8 Å². The number of hydrogen-bond donors (Lipinski definition) is 0. The van der Waals surface area contributed by atoms with E-state index in [1.165, 1.54) is 11.1 Å². The van der Waals surface area contributed by atoms with Gasteiger partial charge in [-0.15, -0.1) is 0 Å². The van der Waals surface area contributed by atoms with E-state index in [0.29, 0.717) is 7.25 Å². The van der Waals surface area contributed by atoms with Crippen molar-refractivity contribution in [3.63, 3.8) is 0 Å². The number of fused-ring (bicyclic) bond motifs is 2. The van der Waals surface area contributed by atoms with Gasteiger partial charge in [-0.1, -0.05) is 0 Å². The Morgan fingerprint density at radius 1 is 0.750 bits per heavy atom. The van der Waals surface area contributed by atoms with Crippen molar-refractivity contribution in [3.05, 3.63) is 106 Å². The second-order valence-electron chi connectivity index (χ2n) is 7.40. The Labute approximate surface area is 190 Å². The fourth-order valence-corrected chi connectivity index (χ4v) is 28.1. The van der Waals surface area contributed by atoms with E-state index < -0.39 is 26.8 Å². The molecule has 0 amide bonds. The summed E-state index contributed by atoms with van der Waals surface area (Å²) in [5, 5.41) is 0. The Morgan fingerprint density at radius 2 is 1.14 bits per heavy atom. The van der Waals surface area contributed by atoms with Crippen molar-refractivity contribution < 1.29 is 45.7 Å². The van der Waals surface area contributed by atoms with Gasteiger partial charge in [0.2, 0.25) is 0 Å². The molecular weight excluding hydrogens is 478 g/mol. The van der Waals surface area contributed by atoms with Crippen molar-refractivity contribution in [1.29, 1.82) is 0 Å². The van der Waals surface area contributed by atoms with Gasteiger partial charge in [-0.25, -0.2) is 0 Å². The SMILES string of the molecule is C=C[SiH](C=C)[Zr+2]([CH]1C(C)=Cc2ccccc21)[CH]1C(C)=Cc2ccccc21.[Cl-].[Cl-]. The quantitative estimate of drug-likeness (QED) is 0.508. The number of hydrogen-bond acceptors (Lipinski definition) is 0. The van der Waals surface area contributed by atoms with Crippen molar-refractivity contribution in [2.24, 2.45) is 0 Å². The van der Waals surface area contributed by atoms with Gasteiger partial charge in [0, 0.05) is 0 Å². The summed E-state index contributed by atoms with van der Waals surface area (Å²) in [6.07, 6.45) is 4.86. The molecule has 0 heterocycles. The van der Waals surface area contributed by atoms with Crippen LogP contribution in [0.15, 0.2) is 84.2 Å². The zero-order chi connectivity index (χ0) is 18.3. The van der Waals surface area contributed by atoms with Gasteiger partial charge in [-0.3, -0.25) is 0 Å². The van der Waals surface area contributed by atoms with Gasteiger partial charge in [-0.2, -0.15) is 0 Å². The van der Waals surface area contributed by atoms with Crippen LogP contribution in [0.5, 0.6) is 0 Å². The fraction of sp³-hybridized carbons (Fsp3) is 0.167. The standard InChI is InChI=1S/2C10H9.C4H7Si.2ClH.Zr/c2*1-8-6-9-4-2-3-5-10(9)7-8;1-3-5-4-2;;;/h2*2-7H,1H3;3-5H,1-2H2;2*1H;/q;;;;;+2/p-2. The molecule has 2 atom stereocenters. The van der Waals surface area contributed by atoms with E-state index >= 15 is 0 Å². The van der Waals surface area contributed by atoms with E-state index in [4.69, 9.17) is 0 Å². The van der Waals surface area contributed by atoms with Crippen LogP contribution in [0.2, 0.25) is 0 Å². The number of halogens is 2. The van der Waals surface area contributed by atoms with Crippen molar-refractivity contribution in [1.82, 2.24) is 0 Å². The molecule has 0 aromatic heterocycles. The Kier molecular flexibility index (Phi) is 8.11. The second kappa shape index (κ2) is 9.72. The Hall–Kier alpha value is -0.920. The average Bonchev–Trinajstić information content (AvgIpc) is 3.15. The molecule has 0 fully saturated rings. The summed E-state index contributed by atoms with van der Waals surface area (Å²) in [5.41, 5.74) is 13.8. The molecule has 0 radical (unpaired) electrons. The van der Waals surface area contributed by atoms with Gasteiger partial charge >= 0.3 is 167 Å². The van der Waals surface area contributed by atoms with E-state index in [1.807, 2.05) is 0 Å². The first-order valence-corrected chi connectivity index (χ1v) is 18.3. The second-order valence-corrected chi connectivity index (χ2v) is 23.5. The molecule has 2 aromatic rings. The summed E-state index contributed by atoms with van der Waals surface area (Å²) in [6.45, 7) is 13.2. The largest absolute Gasteiger partial charge is 1.00 e. The Bertz CT molecular complexity index is 872. The molecule has 2 aliphatic rings. The van der Waals surface area contributed by atoms with Crippen LogP contribution in [0.4, 0.5) is 0 Å². The molecule has 0 saturated carbocycles. The summed E-state index contributed by atoms with van der Waals surface area (Å²) in [6, 6.07) is 18.0.